The summed E-state index contributed by atoms with van der Waals surface area (Å²) in [7, 11) is -2.07. The maximum Gasteiger partial charge on any atom is 0.416 e. The fourth-order valence-corrected chi connectivity index (χ4v) is 3.35. The number of amides is 2. The number of allylic oxidation sites excluding steroid dienone is 1. The summed E-state index contributed by atoms with van der Waals surface area (Å²) in [5.74, 6) is -0.921. The molecular formula is C17H29NO4Si. The lowest BCUT2D eigenvalue weighted by atomic mass is 10.0. The Morgan fingerprint density at radius 3 is 2.43 bits per heavy atom. The van der Waals surface area contributed by atoms with Gasteiger partial charge in [-0.25, -0.2) is 9.69 Å². The normalized spacial score (nSPS) is 18.9. The zero-order valence-electron chi connectivity index (χ0n) is 15.1. The Hall–Kier alpha value is -1.40. The lowest BCUT2D eigenvalue weighted by Crippen LogP contribution is -2.48. The van der Waals surface area contributed by atoms with Crippen molar-refractivity contribution in [3.05, 3.63) is 24.8 Å². The van der Waals surface area contributed by atoms with E-state index >= 15 is 0 Å². The lowest BCUT2D eigenvalue weighted by Gasteiger charge is -2.40. The average Bonchev–Trinajstić information content (AvgIpc) is 2.84. The van der Waals surface area contributed by atoms with Crippen LogP contribution >= 0.6 is 0 Å². The van der Waals surface area contributed by atoms with Gasteiger partial charge >= 0.3 is 6.09 Å². The molecule has 0 N–H and O–H groups in total. The molecule has 5 nitrogen and oxygen atoms in total. The second kappa shape index (κ2) is 7.44. The smallest absolute Gasteiger partial charge is 0.416 e. The molecule has 1 heterocycles. The van der Waals surface area contributed by atoms with Crippen LogP contribution in [-0.4, -0.2) is 44.5 Å². The fraction of sp³-hybridized carbons (Fsp3) is 0.647. The number of nitrogens with zero attached hydrogens (tertiary/aromatic N) is 1. The molecule has 0 aromatic rings. The summed E-state index contributed by atoms with van der Waals surface area (Å²) in [6, 6.07) is 0. The SMILES string of the molecule is C=C[C@@H](C(=O)N1CCOC1=O)[C@@H](/C=C/C)O[Si](C)(C)C(C)(C)C. The molecule has 0 aromatic carbocycles. The zero-order chi connectivity index (χ0) is 17.8. The van der Waals surface area contributed by atoms with Crippen molar-refractivity contribution < 1.29 is 18.8 Å². The van der Waals surface area contributed by atoms with E-state index in [9.17, 15) is 9.59 Å². The molecular weight excluding hydrogens is 310 g/mol. The summed E-state index contributed by atoms with van der Waals surface area (Å²) in [6.07, 6.45) is 4.27. The molecule has 6 heteroatoms. The largest absolute Gasteiger partial charge is 0.447 e. The van der Waals surface area contributed by atoms with E-state index in [1.165, 1.54) is 0 Å². The van der Waals surface area contributed by atoms with Crippen molar-refractivity contribution in [1.82, 2.24) is 4.90 Å². The number of cyclic esters (lactones) is 1. The molecule has 0 radical (unpaired) electrons. The fourth-order valence-electron chi connectivity index (χ4n) is 2.09. The standard InChI is InChI=1S/C17H29NO4Si/c1-8-10-14(22-23(6,7)17(3,4)5)13(9-2)15(19)18-11-12-21-16(18)20/h8-10,13-14H,2,11-12H2,1,3-7H3/b10-8+/t13-,14-/m1/s1. The van der Waals surface area contributed by atoms with Crippen LogP contribution in [0.3, 0.4) is 0 Å². The van der Waals surface area contributed by atoms with Crippen LogP contribution in [0, 0.1) is 5.92 Å². The predicted octanol–water partition coefficient (Wildman–Crippen LogP) is 3.73. The van der Waals surface area contributed by atoms with Crippen LogP contribution in [0.5, 0.6) is 0 Å². The highest BCUT2D eigenvalue weighted by Gasteiger charge is 2.42. The summed E-state index contributed by atoms with van der Waals surface area (Å²) in [5.41, 5.74) is 0. The Morgan fingerprint density at radius 2 is 2.04 bits per heavy atom. The van der Waals surface area contributed by atoms with E-state index in [1.807, 2.05) is 19.1 Å². The lowest BCUT2D eigenvalue weighted by molar-refractivity contribution is -0.132. The van der Waals surface area contributed by atoms with Gasteiger partial charge in [0.05, 0.1) is 18.6 Å². The van der Waals surface area contributed by atoms with Crippen LogP contribution in [-0.2, 0) is 14.0 Å². The summed E-state index contributed by atoms with van der Waals surface area (Å²) in [5, 5.41) is 0.0220. The van der Waals surface area contributed by atoms with Crippen molar-refractivity contribution in [2.24, 2.45) is 5.92 Å². The minimum absolute atomic E-state index is 0.0220. The van der Waals surface area contributed by atoms with Crippen molar-refractivity contribution in [3.63, 3.8) is 0 Å². The molecule has 1 aliphatic rings. The number of imide groups is 1. The van der Waals surface area contributed by atoms with Crippen LogP contribution < -0.4 is 0 Å². The van der Waals surface area contributed by atoms with Crippen LogP contribution in [0.2, 0.25) is 18.1 Å². The molecule has 130 valence electrons. The highest BCUT2D eigenvalue weighted by molar-refractivity contribution is 6.74. The Balaban J connectivity index is 3.03. The van der Waals surface area contributed by atoms with E-state index in [-0.39, 0.29) is 24.1 Å². The quantitative estimate of drug-likeness (QED) is 0.546. The molecule has 2 atom stereocenters. The minimum atomic E-state index is -2.07. The first-order valence-corrected chi connectivity index (χ1v) is 10.9. The van der Waals surface area contributed by atoms with Crippen LogP contribution in [0.1, 0.15) is 27.7 Å². The van der Waals surface area contributed by atoms with E-state index < -0.39 is 26.4 Å². The van der Waals surface area contributed by atoms with Crippen molar-refractivity contribution in [2.45, 2.75) is 51.9 Å². The van der Waals surface area contributed by atoms with Crippen molar-refractivity contribution in [2.75, 3.05) is 13.2 Å². The molecule has 1 fully saturated rings. The first-order valence-electron chi connectivity index (χ1n) is 7.96. The monoisotopic (exact) mass is 339 g/mol. The van der Waals surface area contributed by atoms with Gasteiger partial charge in [0.1, 0.15) is 6.61 Å². The summed E-state index contributed by atoms with van der Waals surface area (Å²) in [6.45, 7) is 16.9. The first-order chi connectivity index (χ1) is 10.5. The molecule has 2 amide bonds. The Kier molecular flexibility index (Phi) is 6.36. The number of carbonyl (C=O) groups is 2. The second-order valence-corrected chi connectivity index (χ2v) is 12.0. The molecule has 0 spiro atoms. The van der Waals surface area contributed by atoms with Gasteiger partial charge in [0, 0.05) is 0 Å². The molecule has 1 saturated heterocycles. The second-order valence-electron chi connectivity index (χ2n) is 7.23. The number of rotatable bonds is 6. The molecule has 23 heavy (non-hydrogen) atoms. The average molecular weight is 340 g/mol. The van der Waals surface area contributed by atoms with Gasteiger partial charge in [-0.1, -0.05) is 39.0 Å². The topological polar surface area (TPSA) is 55.8 Å². The van der Waals surface area contributed by atoms with Gasteiger partial charge in [0.25, 0.3) is 0 Å². The van der Waals surface area contributed by atoms with Gasteiger partial charge in [0.15, 0.2) is 8.32 Å². The van der Waals surface area contributed by atoms with Crippen molar-refractivity contribution in [3.8, 4) is 0 Å². The molecule has 0 bridgehead atoms. The molecule has 1 aliphatic heterocycles. The van der Waals surface area contributed by atoms with Crippen molar-refractivity contribution >= 4 is 20.3 Å². The zero-order valence-corrected chi connectivity index (χ0v) is 16.1. The van der Waals surface area contributed by atoms with Gasteiger partial charge in [-0.05, 0) is 25.1 Å². The van der Waals surface area contributed by atoms with E-state index in [2.05, 4.69) is 40.4 Å². The van der Waals surface area contributed by atoms with Gasteiger partial charge in [-0.3, -0.25) is 4.79 Å². The van der Waals surface area contributed by atoms with Crippen LogP contribution in [0.4, 0.5) is 4.79 Å². The molecule has 0 unspecified atom stereocenters. The number of ether oxygens (including phenoxy) is 1. The summed E-state index contributed by atoms with van der Waals surface area (Å²) in [4.78, 5) is 25.5. The molecule has 0 aliphatic carbocycles. The number of hydrogen-bond donors (Lipinski definition) is 0. The number of carbonyl (C=O) groups excluding carboxylic acids is 2. The third-order valence-corrected chi connectivity index (χ3v) is 9.01. The Bertz CT molecular complexity index is 493. The number of hydrogen-bond acceptors (Lipinski definition) is 4. The molecule has 1 rings (SSSR count). The van der Waals surface area contributed by atoms with Crippen LogP contribution in [0.25, 0.3) is 0 Å². The van der Waals surface area contributed by atoms with E-state index in [4.69, 9.17) is 9.16 Å². The van der Waals surface area contributed by atoms with E-state index in [0.29, 0.717) is 0 Å². The van der Waals surface area contributed by atoms with Gasteiger partial charge in [-0.2, -0.15) is 0 Å². The predicted molar refractivity (Wildman–Crippen MR) is 93.6 cm³/mol. The Morgan fingerprint density at radius 1 is 1.43 bits per heavy atom. The van der Waals surface area contributed by atoms with E-state index in [0.717, 1.165) is 4.90 Å². The molecule has 0 aromatic heterocycles. The van der Waals surface area contributed by atoms with Gasteiger partial charge in [-0.15, -0.1) is 6.58 Å². The Labute approximate surface area is 140 Å². The van der Waals surface area contributed by atoms with Crippen LogP contribution in [0.15, 0.2) is 24.8 Å². The third-order valence-electron chi connectivity index (χ3n) is 4.54. The van der Waals surface area contributed by atoms with Gasteiger partial charge < -0.3 is 9.16 Å². The first kappa shape index (κ1) is 19.6. The molecule has 0 saturated carbocycles. The van der Waals surface area contributed by atoms with E-state index in [1.54, 1.807) is 6.08 Å². The maximum absolute atomic E-state index is 12.7. The highest BCUT2D eigenvalue weighted by atomic mass is 28.4. The minimum Gasteiger partial charge on any atom is -0.447 e. The third kappa shape index (κ3) is 4.54. The highest BCUT2D eigenvalue weighted by Crippen LogP contribution is 2.38. The maximum atomic E-state index is 12.7. The van der Waals surface area contributed by atoms with Gasteiger partial charge in [0.2, 0.25) is 5.91 Å². The van der Waals surface area contributed by atoms with Crippen molar-refractivity contribution in [1.29, 1.82) is 0 Å². The summed E-state index contributed by atoms with van der Waals surface area (Å²) >= 11 is 0. The summed E-state index contributed by atoms with van der Waals surface area (Å²) < 4.78 is 11.3.